The van der Waals surface area contributed by atoms with Gasteiger partial charge in [0.05, 0.1) is 12.7 Å². The van der Waals surface area contributed by atoms with Gasteiger partial charge in [-0.15, -0.1) is 0 Å². The van der Waals surface area contributed by atoms with Gasteiger partial charge in [0.25, 0.3) is 0 Å². The molecule has 0 saturated carbocycles. The van der Waals surface area contributed by atoms with Crippen molar-refractivity contribution in [3.8, 4) is 0 Å². The van der Waals surface area contributed by atoms with E-state index in [2.05, 4.69) is 51.7 Å². The van der Waals surface area contributed by atoms with Crippen LogP contribution in [0.2, 0.25) is 0 Å². The van der Waals surface area contributed by atoms with Crippen LogP contribution in [-0.2, 0) is 4.74 Å². The smallest absolute Gasteiger partial charge is 0.0675 e. The van der Waals surface area contributed by atoms with Crippen molar-refractivity contribution in [3.05, 3.63) is 34.4 Å². The number of hydrogen-bond acceptors (Lipinski definition) is 3. The van der Waals surface area contributed by atoms with E-state index in [0.717, 1.165) is 19.6 Å². The summed E-state index contributed by atoms with van der Waals surface area (Å²) in [6, 6.07) is 5.31. The number of ether oxygens (including phenoxy) is 1. The standard InChI is InChI=1S/C18H30N2O/c1-6-16-11-21-15(5)10-20(16)17(9-19)18-13(3)7-12(2)8-14(18)4/h7-8,15-17H,6,9-11,19H2,1-5H3. The van der Waals surface area contributed by atoms with Gasteiger partial charge < -0.3 is 10.5 Å². The Balaban J connectivity index is 2.38. The molecule has 0 spiro atoms. The summed E-state index contributed by atoms with van der Waals surface area (Å²) >= 11 is 0. The van der Waals surface area contributed by atoms with Crippen molar-refractivity contribution in [3.63, 3.8) is 0 Å². The Morgan fingerprint density at radius 3 is 2.43 bits per heavy atom. The van der Waals surface area contributed by atoms with Gasteiger partial charge in [-0.25, -0.2) is 0 Å². The summed E-state index contributed by atoms with van der Waals surface area (Å²) < 4.78 is 5.84. The van der Waals surface area contributed by atoms with Crippen molar-refractivity contribution in [1.29, 1.82) is 0 Å². The van der Waals surface area contributed by atoms with Crippen LogP contribution in [0.25, 0.3) is 0 Å². The van der Waals surface area contributed by atoms with E-state index in [9.17, 15) is 0 Å². The van der Waals surface area contributed by atoms with E-state index in [1.54, 1.807) is 0 Å². The van der Waals surface area contributed by atoms with Crippen LogP contribution in [0.3, 0.4) is 0 Å². The molecule has 3 heteroatoms. The van der Waals surface area contributed by atoms with Crippen LogP contribution < -0.4 is 5.73 Å². The lowest BCUT2D eigenvalue weighted by molar-refractivity contribution is -0.0720. The molecule has 1 saturated heterocycles. The van der Waals surface area contributed by atoms with E-state index >= 15 is 0 Å². The Bertz CT molecular complexity index is 463. The zero-order valence-corrected chi connectivity index (χ0v) is 14.1. The fraction of sp³-hybridized carbons (Fsp3) is 0.667. The van der Waals surface area contributed by atoms with Crippen LogP contribution in [0, 0.1) is 20.8 Å². The van der Waals surface area contributed by atoms with Gasteiger partial charge in [-0.1, -0.05) is 24.6 Å². The highest BCUT2D eigenvalue weighted by Crippen LogP contribution is 2.31. The first-order chi connectivity index (χ1) is 9.97. The van der Waals surface area contributed by atoms with Crippen molar-refractivity contribution >= 4 is 0 Å². The van der Waals surface area contributed by atoms with Gasteiger partial charge in [0.2, 0.25) is 0 Å². The minimum Gasteiger partial charge on any atom is -0.376 e. The lowest BCUT2D eigenvalue weighted by Crippen LogP contribution is -2.51. The van der Waals surface area contributed by atoms with Gasteiger partial charge in [0.15, 0.2) is 0 Å². The van der Waals surface area contributed by atoms with Gasteiger partial charge >= 0.3 is 0 Å². The number of aryl methyl sites for hydroxylation is 3. The summed E-state index contributed by atoms with van der Waals surface area (Å²) in [4.78, 5) is 2.57. The van der Waals surface area contributed by atoms with Crippen LogP contribution in [0.1, 0.15) is 48.6 Å². The van der Waals surface area contributed by atoms with E-state index in [4.69, 9.17) is 10.5 Å². The van der Waals surface area contributed by atoms with Gasteiger partial charge in [-0.05, 0) is 50.8 Å². The van der Waals surface area contributed by atoms with Gasteiger partial charge in [-0.2, -0.15) is 0 Å². The van der Waals surface area contributed by atoms with Crippen molar-refractivity contribution < 1.29 is 4.74 Å². The SMILES string of the molecule is CCC1COC(C)CN1C(CN)c1c(C)cc(C)cc1C. The van der Waals surface area contributed by atoms with Crippen LogP contribution in [0.5, 0.6) is 0 Å². The Morgan fingerprint density at radius 1 is 1.29 bits per heavy atom. The third-order valence-corrected chi connectivity index (χ3v) is 4.68. The molecule has 2 rings (SSSR count). The summed E-state index contributed by atoms with van der Waals surface area (Å²) in [6.45, 7) is 13.4. The third kappa shape index (κ3) is 3.47. The Morgan fingerprint density at radius 2 is 1.90 bits per heavy atom. The third-order valence-electron chi connectivity index (χ3n) is 4.68. The summed E-state index contributed by atoms with van der Waals surface area (Å²) in [5, 5.41) is 0. The summed E-state index contributed by atoms with van der Waals surface area (Å²) in [5.74, 6) is 0. The average Bonchev–Trinajstić information content (AvgIpc) is 2.42. The second-order valence-electron chi connectivity index (χ2n) is 6.47. The monoisotopic (exact) mass is 290 g/mol. The molecule has 0 radical (unpaired) electrons. The van der Waals surface area contributed by atoms with Crippen molar-refractivity contribution in [2.45, 2.75) is 59.2 Å². The van der Waals surface area contributed by atoms with E-state index in [1.807, 2.05) is 0 Å². The predicted octanol–water partition coefficient (Wildman–Crippen LogP) is 3.11. The van der Waals surface area contributed by atoms with Crippen molar-refractivity contribution in [1.82, 2.24) is 4.90 Å². The molecule has 21 heavy (non-hydrogen) atoms. The second-order valence-corrected chi connectivity index (χ2v) is 6.47. The van der Waals surface area contributed by atoms with E-state index in [0.29, 0.717) is 18.6 Å². The molecule has 1 aromatic carbocycles. The molecule has 0 amide bonds. The molecule has 3 nitrogen and oxygen atoms in total. The molecule has 0 aliphatic carbocycles. The largest absolute Gasteiger partial charge is 0.376 e. The zero-order chi connectivity index (χ0) is 15.6. The van der Waals surface area contributed by atoms with Crippen LogP contribution in [0.4, 0.5) is 0 Å². The first-order valence-electron chi connectivity index (χ1n) is 8.13. The van der Waals surface area contributed by atoms with Crippen molar-refractivity contribution in [2.24, 2.45) is 5.73 Å². The second kappa shape index (κ2) is 6.91. The lowest BCUT2D eigenvalue weighted by atomic mass is 9.91. The molecule has 0 aromatic heterocycles. The molecule has 3 unspecified atom stereocenters. The van der Waals surface area contributed by atoms with E-state index < -0.39 is 0 Å². The maximum absolute atomic E-state index is 6.19. The minimum absolute atomic E-state index is 0.285. The molecule has 1 aromatic rings. The predicted molar refractivity (Wildman–Crippen MR) is 88.6 cm³/mol. The number of nitrogens with zero attached hydrogens (tertiary/aromatic N) is 1. The first-order valence-corrected chi connectivity index (χ1v) is 8.13. The highest BCUT2D eigenvalue weighted by molar-refractivity contribution is 5.40. The van der Waals surface area contributed by atoms with E-state index in [-0.39, 0.29) is 6.10 Å². The molecular formula is C18H30N2O. The lowest BCUT2D eigenvalue weighted by Gasteiger charge is -2.43. The van der Waals surface area contributed by atoms with Gasteiger partial charge in [-0.3, -0.25) is 4.90 Å². The fourth-order valence-electron chi connectivity index (χ4n) is 3.74. The van der Waals surface area contributed by atoms with Gasteiger partial charge in [0, 0.05) is 25.2 Å². The molecule has 118 valence electrons. The average molecular weight is 290 g/mol. The van der Waals surface area contributed by atoms with E-state index in [1.165, 1.54) is 22.3 Å². The maximum Gasteiger partial charge on any atom is 0.0675 e. The van der Waals surface area contributed by atoms with Crippen molar-refractivity contribution in [2.75, 3.05) is 19.7 Å². The van der Waals surface area contributed by atoms with Crippen LogP contribution >= 0.6 is 0 Å². The zero-order valence-electron chi connectivity index (χ0n) is 14.1. The molecule has 3 atom stereocenters. The molecule has 1 aliphatic rings. The molecule has 1 fully saturated rings. The first kappa shape index (κ1) is 16.5. The number of hydrogen-bond donors (Lipinski definition) is 1. The van der Waals surface area contributed by atoms with Gasteiger partial charge in [0.1, 0.15) is 0 Å². The number of rotatable bonds is 4. The highest BCUT2D eigenvalue weighted by Gasteiger charge is 2.32. The molecule has 1 aliphatic heterocycles. The minimum atomic E-state index is 0.285. The quantitative estimate of drug-likeness (QED) is 0.926. The number of nitrogens with two attached hydrogens (primary N) is 1. The fourth-order valence-corrected chi connectivity index (χ4v) is 3.74. The Hall–Kier alpha value is -0.900. The summed E-state index contributed by atoms with van der Waals surface area (Å²) in [6.07, 6.45) is 1.39. The number of morpholine rings is 1. The molecule has 1 heterocycles. The summed E-state index contributed by atoms with van der Waals surface area (Å²) in [5.41, 5.74) is 11.6. The maximum atomic E-state index is 6.19. The Kier molecular flexibility index (Phi) is 5.42. The topological polar surface area (TPSA) is 38.5 Å². The van der Waals surface area contributed by atoms with Crippen LogP contribution in [-0.4, -0.2) is 36.7 Å². The summed E-state index contributed by atoms with van der Waals surface area (Å²) in [7, 11) is 0. The number of benzene rings is 1. The normalized spacial score (nSPS) is 25.0. The molecule has 2 N–H and O–H groups in total. The molecule has 0 bridgehead atoms. The Labute approximate surface area is 129 Å². The molecular weight excluding hydrogens is 260 g/mol. The highest BCUT2D eigenvalue weighted by atomic mass is 16.5. The van der Waals surface area contributed by atoms with Crippen LogP contribution in [0.15, 0.2) is 12.1 Å².